The van der Waals surface area contributed by atoms with Gasteiger partial charge in [0.05, 0.1) is 5.69 Å². The van der Waals surface area contributed by atoms with E-state index in [-0.39, 0.29) is 5.41 Å². The highest BCUT2D eigenvalue weighted by Crippen LogP contribution is 2.42. The second kappa shape index (κ2) is 6.45. The van der Waals surface area contributed by atoms with Gasteiger partial charge >= 0.3 is 0 Å². The summed E-state index contributed by atoms with van der Waals surface area (Å²) in [6, 6.07) is 10.3. The Labute approximate surface area is 157 Å². The maximum absolute atomic E-state index is 12.5. The Morgan fingerprint density at radius 3 is 2.46 bits per heavy atom. The molecule has 3 aromatic rings. The summed E-state index contributed by atoms with van der Waals surface area (Å²) in [5, 5.41) is 2.02. The van der Waals surface area contributed by atoms with Gasteiger partial charge in [-0.3, -0.25) is 4.40 Å². The first kappa shape index (κ1) is 17.7. The van der Waals surface area contributed by atoms with Crippen LogP contribution in [0.15, 0.2) is 48.1 Å². The average Bonchev–Trinajstić information content (AvgIpc) is 3.24. The molecule has 4 rings (SSSR count). The van der Waals surface area contributed by atoms with Crippen molar-refractivity contribution in [1.82, 2.24) is 18.0 Å². The Morgan fingerprint density at radius 2 is 1.85 bits per heavy atom. The molecule has 8 heteroatoms. The largest absolute Gasteiger partial charge is 0.297 e. The number of imidazole rings is 1. The zero-order valence-electron chi connectivity index (χ0n) is 14.9. The molecule has 0 bridgehead atoms. The molecule has 6 nitrogen and oxygen atoms in total. The summed E-state index contributed by atoms with van der Waals surface area (Å²) in [4.78, 5) is 5.84. The number of hydrogen-bond donors (Lipinski definition) is 0. The van der Waals surface area contributed by atoms with Crippen molar-refractivity contribution in [2.45, 2.75) is 18.3 Å². The quantitative estimate of drug-likeness (QED) is 0.688. The van der Waals surface area contributed by atoms with E-state index in [0.29, 0.717) is 13.1 Å². The van der Waals surface area contributed by atoms with E-state index in [4.69, 9.17) is 4.98 Å². The smallest absolute Gasteiger partial charge is 0.281 e. The van der Waals surface area contributed by atoms with E-state index in [9.17, 15) is 8.42 Å². The SMILES string of the molecule is CN(C)S(=O)(=O)N1CCC(c2ccccc2)(c2cn3ccsc3n2)CC1. The summed E-state index contributed by atoms with van der Waals surface area (Å²) in [7, 11) is -0.223. The molecule has 1 fully saturated rings. The lowest BCUT2D eigenvalue weighted by atomic mass is 9.71. The van der Waals surface area contributed by atoms with E-state index in [2.05, 4.69) is 18.3 Å². The lowest BCUT2D eigenvalue weighted by Crippen LogP contribution is -2.49. The topological polar surface area (TPSA) is 57.9 Å². The minimum absolute atomic E-state index is 0.259. The Morgan fingerprint density at radius 1 is 1.15 bits per heavy atom. The van der Waals surface area contributed by atoms with Crippen molar-refractivity contribution < 1.29 is 8.42 Å². The number of hydrogen-bond acceptors (Lipinski definition) is 4. The van der Waals surface area contributed by atoms with E-state index < -0.39 is 10.2 Å². The van der Waals surface area contributed by atoms with Gasteiger partial charge in [-0.2, -0.15) is 17.0 Å². The number of rotatable bonds is 4. The van der Waals surface area contributed by atoms with Crippen molar-refractivity contribution in [3.63, 3.8) is 0 Å². The number of piperidine rings is 1. The molecular formula is C18H22N4O2S2. The summed E-state index contributed by atoms with van der Waals surface area (Å²) < 4.78 is 29.9. The van der Waals surface area contributed by atoms with Crippen LogP contribution in [0.4, 0.5) is 0 Å². The van der Waals surface area contributed by atoms with Crippen LogP contribution in [-0.2, 0) is 15.6 Å². The predicted molar refractivity (Wildman–Crippen MR) is 104 cm³/mol. The van der Waals surface area contributed by atoms with E-state index in [1.54, 1.807) is 29.7 Å². The van der Waals surface area contributed by atoms with Crippen LogP contribution in [0.25, 0.3) is 4.96 Å². The molecule has 1 aromatic carbocycles. The first-order valence-electron chi connectivity index (χ1n) is 8.59. The molecule has 1 aliphatic rings. The molecule has 0 aliphatic carbocycles. The van der Waals surface area contributed by atoms with Crippen LogP contribution in [0.3, 0.4) is 0 Å². The number of fused-ring (bicyclic) bond motifs is 1. The van der Waals surface area contributed by atoms with E-state index in [1.807, 2.05) is 34.2 Å². The van der Waals surface area contributed by atoms with Gasteiger partial charge in [-0.15, -0.1) is 11.3 Å². The van der Waals surface area contributed by atoms with Gasteiger partial charge in [0.1, 0.15) is 0 Å². The number of benzene rings is 1. The van der Waals surface area contributed by atoms with Crippen LogP contribution in [0.2, 0.25) is 0 Å². The maximum atomic E-state index is 12.5. The third-order valence-electron chi connectivity index (χ3n) is 5.27. The highest BCUT2D eigenvalue weighted by atomic mass is 32.2. The van der Waals surface area contributed by atoms with Crippen molar-refractivity contribution in [2.75, 3.05) is 27.2 Å². The van der Waals surface area contributed by atoms with Gasteiger partial charge < -0.3 is 0 Å². The summed E-state index contributed by atoms with van der Waals surface area (Å²) in [6.07, 6.45) is 5.54. The fourth-order valence-electron chi connectivity index (χ4n) is 3.74. The predicted octanol–water partition coefficient (Wildman–Crippen LogP) is 2.58. The monoisotopic (exact) mass is 390 g/mol. The van der Waals surface area contributed by atoms with Crippen LogP contribution < -0.4 is 0 Å². The third kappa shape index (κ3) is 2.77. The molecule has 26 heavy (non-hydrogen) atoms. The normalized spacial score (nSPS) is 18.6. The first-order valence-corrected chi connectivity index (χ1v) is 10.9. The molecule has 0 radical (unpaired) electrons. The van der Waals surface area contributed by atoms with Gasteiger partial charge in [-0.1, -0.05) is 30.3 Å². The molecule has 3 heterocycles. The van der Waals surface area contributed by atoms with Gasteiger partial charge in [0.15, 0.2) is 4.96 Å². The average molecular weight is 391 g/mol. The Kier molecular flexibility index (Phi) is 4.38. The second-order valence-corrected chi connectivity index (χ2v) is 9.87. The standard InChI is InChI=1S/C18H22N4O2S2/c1-20(2)26(23,24)22-10-8-18(9-11-22,15-6-4-3-5-7-15)16-14-21-12-13-25-17(21)19-16/h3-7,12-14H,8-11H2,1-2H3. The molecule has 2 aromatic heterocycles. The van der Waals surface area contributed by atoms with Gasteiger partial charge in [0.2, 0.25) is 0 Å². The molecule has 1 saturated heterocycles. The van der Waals surface area contributed by atoms with Crippen LogP contribution in [0.5, 0.6) is 0 Å². The molecule has 0 amide bonds. The Balaban J connectivity index is 1.74. The molecule has 0 spiro atoms. The van der Waals surface area contributed by atoms with E-state index in [0.717, 1.165) is 23.5 Å². The van der Waals surface area contributed by atoms with Crippen molar-refractivity contribution in [3.05, 3.63) is 59.4 Å². The van der Waals surface area contributed by atoms with Crippen LogP contribution in [-0.4, -0.2) is 53.6 Å². The second-order valence-electron chi connectivity index (χ2n) is 6.86. The highest BCUT2D eigenvalue weighted by Gasteiger charge is 2.42. The van der Waals surface area contributed by atoms with Crippen LogP contribution in [0, 0.1) is 0 Å². The number of nitrogens with zero attached hydrogens (tertiary/aromatic N) is 4. The van der Waals surface area contributed by atoms with Crippen molar-refractivity contribution >= 4 is 26.5 Å². The summed E-state index contributed by atoms with van der Waals surface area (Å²) in [5.41, 5.74) is 1.97. The Hall–Kier alpha value is -1.74. The zero-order valence-corrected chi connectivity index (χ0v) is 16.5. The molecule has 0 atom stereocenters. The third-order valence-corrected chi connectivity index (χ3v) is 7.98. The molecule has 0 saturated carbocycles. The van der Waals surface area contributed by atoms with Gasteiger partial charge in [0.25, 0.3) is 10.2 Å². The van der Waals surface area contributed by atoms with E-state index >= 15 is 0 Å². The van der Waals surface area contributed by atoms with Gasteiger partial charge in [0, 0.05) is 50.4 Å². The minimum Gasteiger partial charge on any atom is -0.297 e. The fraction of sp³-hybridized carbons (Fsp3) is 0.389. The number of thiazole rings is 1. The minimum atomic E-state index is -3.39. The lowest BCUT2D eigenvalue weighted by Gasteiger charge is -2.41. The molecule has 0 unspecified atom stereocenters. The Bertz CT molecular complexity index is 972. The maximum Gasteiger partial charge on any atom is 0.281 e. The van der Waals surface area contributed by atoms with Crippen molar-refractivity contribution in [1.29, 1.82) is 0 Å². The molecule has 1 aliphatic heterocycles. The van der Waals surface area contributed by atoms with Gasteiger partial charge in [-0.25, -0.2) is 4.98 Å². The summed E-state index contributed by atoms with van der Waals surface area (Å²) in [5.74, 6) is 0. The zero-order chi connectivity index (χ0) is 18.4. The summed E-state index contributed by atoms with van der Waals surface area (Å²) >= 11 is 1.61. The lowest BCUT2D eigenvalue weighted by molar-refractivity contribution is 0.252. The van der Waals surface area contributed by atoms with Crippen molar-refractivity contribution in [2.24, 2.45) is 0 Å². The van der Waals surface area contributed by atoms with Crippen LogP contribution >= 0.6 is 11.3 Å². The van der Waals surface area contributed by atoms with Crippen molar-refractivity contribution in [3.8, 4) is 0 Å². The fourth-order valence-corrected chi connectivity index (χ4v) is 5.54. The van der Waals surface area contributed by atoms with E-state index in [1.165, 1.54) is 9.87 Å². The molecule has 138 valence electrons. The number of aromatic nitrogens is 2. The highest BCUT2D eigenvalue weighted by molar-refractivity contribution is 7.86. The van der Waals surface area contributed by atoms with Gasteiger partial charge in [-0.05, 0) is 18.4 Å². The molecule has 0 N–H and O–H groups in total. The summed E-state index contributed by atoms with van der Waals surface area (Å²) in [6.45, 7) is 0.973. The molecular weight excluding hydrogens is 368 g/mol. The first-order chi connectivity index (χ1) is 12.4. The van der Waals surface area contributed by atoms with Crippen LogP contribution in [0.1, 0.15) is 24.1 Å².